The molecule has 5 heteroatoms. The molecule has 0 saturated carbocycles. The first-order valence-electron chi connectivity index (χ1n) is 6.11. The van der Waals surface area contributed by atoms with Crippen molar-refractivity contribution in [2.75, 3.05) is 6.54 Å². The SMILES string of the molecule is Cl.c1cc(CC2CCCN2)cc(-n2nccn2)c1. The van der Waals surface area contributed by atoms with Gasteiger partial charge in [-0.2, -0.15) is 15.0 Å². The van der Waals surface area contributed by atoms with Crippen LogP contribution in [0.25, 0.3) is 5.69 Å². The summed E-state index contributed by atoms with van der Waals surface area (Å²) in [4.78, 5) is 1.66. The van der Waals surface area contributed by atoms with Gasteiger partial charge in [0.1, 0.15) is 0 Å². The maximum absolute atomic E-state index is 4.15. The molecule has 96 valence electrons. The predicted molar refractivity (Wildman–Crippen MR) is 73.3 cm³/mol. The molecule has 1 unspecified atom stereocenters. The molecule has 1 fully saturated rings. The van der Waals surface area contributed by atoms with Crippen LogP contribution >= 0.6 is 12.4 Å². The van der Waals surface area contributed by atoms with Crippen molar-refractivity contribution in [1.82, 2.24) is 20.3 Å². The van der Waals surface area contributed by atoms with Crippen molar-refractivity contribution in [3.05, 3.63) is 42.2 Å². The van der Waals surface area contributed by atoms with E-state index in [1.807, 2.05) is 6.07 Å². The third-order valence-electron chi connectivity index (χ3n) is 3.20. The summed E-state index contributed by atoms with van der Waals surface area (Å²) in [6.07, 6.45) is 7.07. The quantitative estimate of drug-likeness (QED) is 0.922. The Bertz CT molecular complexity index is 477. The highest BCUT2D eigenvalue weighted by Gasteiger charge is 2.14. The maximum Gasteiger partial charge on any atom is 0.0859 e. The topological polar surface area (TPSA) is 42.7 Å². The average Bonchev–Trinajstić information content (AvgIpc) is 3.01. The lowest BCUT2D eigenvalue weighted by molar-refractivity contribution is 0.602. The third kappa shape index (κ3) is 2.89. The zero-order valence-electron chi connectivity index (χ0n) is 10.1. The smallest absolute Gasteiger partial charge is 0.0859 e. The van der Waals surface area contributed by atoms with Gasteiger partial charge in [0.15, 0.2) is 0 Å². The molecule has 4 nitrogen and oxygen atoms in total. The zero-order chi connectivity index (χ0) is 11.5. The molecular formula is C13H17ClN4. The van der Waals surface area contributed by atoms with E-state index in [4.69, 9.17) is 0 Å². The summed E-state index contributed by atoms with van der Waals surface area (Å²) < 4.78 is 0. The van der Waals surface area contributed by atoms with Crippen LogP contribution in [0.15, 0.2) is 36.7 Å². The van der Waals surface area contributed by atoms with E-state index in [0.29, 0.717) is 6.04 Å². The van der Waals surface area contributed by atoms with Crippen LogP contribution in [0.1, 0.15) is 18.4 Å². The number of benzene rings is 1. The van der Waals surface area contributed by atoms with Crippen LogP contribution in [0.2, 0.25) is 0 Å². The van der Waals surface area contributed by atoms with Gasteiger partial charge in [-0.05, 0) is 43.5 Å². The molecule has 0 radical (unpaired) electrons. The van der Waals surface area contributed by atoms with Crippen LogP contribution in [0.3, 0.4) is 0 Å². The zero-order valence-corrected chi connectivity index (χ0v) is 10.9. The van der Waals surface area contributed by atoms with Gasteiger partial charge in [-0.3, -0.25) is 0 Å². The maximum atomic E-state index is 4.15. The monoisotopic (exact) mass is 264 g/mol. The fourth-order valence-electron chi connectivity index (χ4n) is 2.37. The number of halogens is 1. The van der Waals surface area contributed by atoms with Gasteiger partial charge in [-0.15, -0.1) is 12.4 Å². The van der Waals surface area contributed by atoms with Crippen LogP contribution in [-0.2, 0) is 6.42 Å². The highest BCUT2D eigenvalue weighted by molar-refractivity contribution is 5.85. The van der Waals surface area contributed by atoms with Gasteiger partial charge in [0.2, 0.25) is 0 Å². The molecule has 3 rings (SSSR count). The molecule has 0 spiro atoms. The Morgan fingerprint density at radius 3 is 2.83 bits per heavy atom. The van der Waals surface area contributed by atoms with E-state index in [2.05, 4.69) is 33.7 Å². The summed E-state index contributed by atoms with van der Waals surface area (Å²) in [6.45, 7) is 1.16. The Morgan fingerprint density at radius 1 is 1.28 bits per heavy atom. The van der Waals surface area contributed by atoms with E-state index < -0.39 is 0 Å². The lowest BCUT2D eigenvalue weighted by atomic mass is 10.0. The Morgan fingerprint density at radius 2 is 2.11 bits per heavy atom. The first kappa shape index (κ1) is 13.1. The van der Waals surface area contributed by atoms with Crippen molar-refractivity contribution in [3.63, 3.8) is 0 Å². The van der Waals surface area contributed by atoms with Crippen molar-refractivity contribution in [2.45, 2.75) is 25.3 Å². The summed E-state index contributed by atoms with van der Waals surface area (Å²) in [5, 5.41) is 11.8. The molecule has 0 aliphatic carbocycles. The molecule has 0 bridgehead atoms. The largest absolute Gasteiger partial charge is 0.314 e. The summed E-state index contributed by atoms with van der Waals surface area (Å²) >= 11 is 0. The van der Waals surface area contributed by atoms with Crippen molar-refractivity contribution in [2.24, 2.45) is 0 Å². The Kier molecular flexibility index (Phi) is 4.33. The van der Waals surface area contributed by atoms with Crippen molar-refractivity contribution < 1.29 is 0 Å². The van der Waals surface area contributed by atoms with E-state index in [1.54, 1.807) is 17.2 Å². The van der Waals surface area contributed by atoms with E-state index in [1.165, 1.54) is 18.4 Å². The molecule has 18 heavy (non-hydrogen) atoms. The Labute approximate surface area is 113 Å². The van der Waals surface area contributed by atoms with Crippen LogP contribution in [0, 0.1) is 0 Å². The number of aromatic nitrogens is 3. The lowest BCUT2D eigenvalue weighted by Crippen LogP contribution is -2.23. The second-order valence-corrected chi connectivity index (χ2v) is 4.49. The minimum Gasteiger partial charge on any atom is -0.314 e. The number of hydrogen-bond donors (Lipinski definition) is 1. The van der Waals surface area contributed by atoms with E-state index in [-0.39, 0.29) is 12.4 Å². The number of nitrogens with one attached hydrogen (secondary N) is 1. The van der Waals surface area contributed by atoms with Crippen LogP contribution in [0.5, 0.6) is 0 Å². The normalized spacial score (nSPS) is 18.6. The Balaban J connectivity index is 0.00000120. The summed E-state index contributed by atoms with van der Waals surface area (Å²) in [6, 6.07) is 9.08. The van der Waals surface area contributed by atoms with E-state index in [9.17, 15) is 0 Å². The fourth-order valence-corrected chi connectivity index (χ4v) is 2.37. The molecule has 1 aromatic heterocycles. The van der Waals surface area contributed by atoms with Gasteiger partial charge in [0.25, 0.3) is 0 Å². The van der Waals surface area contributed by atoms with Gasteiger partial charge in [0.05, 0.1) is 18.1 Å². The van der Waals surface area contributed by atoms with Gasteiger partial charge < -0.3 is 5.32 Å². The predicted octanol–water partition coefficient (Wildman–Crippen LogP) is 1.98. The summed E-state index contributed by atoms with van der Waals surface area (Å²) in [5.41, 5.74) is 2.38. The van der Waals surface area contributed by atoms with E-state index >= 15 is 0 Å². The molecule has 2 heterocycles. The summed E-state index contributed by atoms with van der Waals surface area (Å²) in [7, 11) is 0. The molecule has 1 saturated heterocycles. The lowest BCUT2D eigenvalue weighted by Gasteiger charge is -2.10. The molecule has 1 N–H and O–H groups in total. The van der Waals surface area contributed by atoms with Crippen molar-refractivity contribution >= 4 is 12.4 Å². The first-order valence-corrected chi connectivity index (χ1v) is 6.11. The number of hydrogen-bond acceptors (Lipinski definition) is 3. The standard InChI is InChI=1S/C13H16N4.ClH/c1-3-11(9-12-4-2-6-14-12)10-13(5-1)17-15-7-8-16-17;/h1,3,5,7-8,10,12,14H,2,4,6,9H2;1H. The highest BCUT2D eigenvalue weighted by Crippen LogP contribution is 2.14. The third-order valence-corrected chi connectivity index (χ3v) is 3.20. The van der Waals surface area contributed by atoms with Crippen LogP contribution < -0.4 is 5.32 Å². The minimum absolute atomic E-state index is 0. The van der Waals surface area contributed by atoms with Gasteiger partial charge in [-0.1, -0.05) is 12.1 Å². The summed E-state index contributed by atoms with van der Waals surface area (Å²) in [5.74, 6) is 0. The Hall–Kier alpha value is -1.39. The van der Waals surface area contributed by atoms with E-state index in [0.717, 1.165) is 18.7 Å². The molecule has 2 aromatic rings. The second-order valence-electron chi connectivity index (χ2n) is 4.49. The first-order chi connectivity index (χ1) is 8.42. The molecule has 1 atom stereocenters. The number of rotatable bonds is 3. The minimum atomic E-state index is 0. The number of nitrogens with zero attached hydrogens (tertiary/aromatic N) is 3. The molecule has 0 amide bonds. The van der Waals surface area contributed by atoms with Crippen molar-refractivity contribution in [3.8, 4) is 5.69 Å². The average molecular weight is 265 g/mol. The van der Waals surface area contributed by atoms with Gasteiger partial charge in [0, 0.05) is 6.04 Å². The van der Waals surface area contributed by atoms with Crippen molar-refractivity contribution in [1.29, 1.82) is 0 Å². The highest BCUT2D eigenvalue weighted by atomic mass is 35.5. The fraction of sp³-hybridized carbons (Fsp3) is 0.385. The van der Waals surface area contributed by atoms with Gasteiger partial charge >= 0.3 is 0 Å². The second kappa shape index (κ2) is 5.98. The molecule has 1 aromatic carbocycles. The van der Waals surface area contributed by atoms with Gasteiger partial charge in [-0.25, -0.2) is 0 Å². The van der Waals surface area contributed by atoms with Crippen LogP contribution in [-0.4, -0.2) is 27.6 Å². The molecule has 1 aliphatic heterocycles. The van der Waals surface area contributed by atoms with Crippen LogP contribution in [0.4, 0.5) is 0 Å². The molecular weight excluding hydrogens is 248 g/mol. The molecule has 1 aliphatic rings.